The number of phenolic OH excluding ortho intramolecular Hbond substituents is 1. The Hall–Kier alpha value is -4.15. The van der Waals surface area contributed by atoms with Gasteiger partial charge in [0, 0.05) is 11.5 Å². The minimum absolute atomic E-state index is 0.000131. The number of carbonyl (C=O) groups excluding carboxylic acids is 5. The molecule has 0 fully saturated rings. The Labute approximate surface area is 251 Å². The van der Waals surface area contributed by atoms with Gasteiger partial charge >= 0.3 is 5.97 Å². The molecule has 0 heterocycles. The molecular formula is C29H35N3O12. The molecule has 1 aromatic rings. The molecule has 8 N–H and O–H groups in total. The Morgan fingerprint density at radius 1 is 1.20 bits per heavy atom. The summed E-state index contributed by atoms with van der Waals surface area (Å²) in [6.45, 7) is 2.63. The van der Waals surface area contributed by atoms with Gasteiger partial charge in [0.25, 0.3) is 5.91 Å². The lowest BCUT2D eigenvalue weighted by atomic mass is 9.56. The molecule has 0 aliphatic heterocycles. The standard InChI is InChI=1S/C29H35N3O12/c1-5-44-28(41)12(8-33)9-43-10-31-14-7-6-13-11(2)15-17(22(35)16(13)21(14)34)25(38)29(42)19(23(15)36)20(32(3)4)24(37)18(26(29)39)27(30)40/h6-8,11-12,19-20,23,25,31,34,36-38,42H,5,9-10H2,1-4H3,(H2,30,40)/t11?,12?,19?,20-,23?,25?,29?/m0/s1. The first-order chi connectivity index (χ1) is 20.7. The number of Topliss-reactive ketones (excluding diaryl/α,β-unsaturated/α-hetero) is 2. The van der Waals surface area contributed by atoms with Crippen LogP contribution < -0.4 is 11.1 Å². The zero-order chi connectivity index (χ0) is 32.8. The number of ketones is 2. The number of primary amides is 1. The number of aldehydes is 1. The quantitative estimate of drug-likeness (QED) is 0.0305. The van der Waals surface area contributed by atoms with Crippen molar-refractivity contribution in [2.45, 2.75) is 43.6 Å². The van der Waals surface area contributed by atoms with E-state index in [0.29, 0.717) is 6.29 Å². The molecule has 1 aromatic carbocycles. The lowest BCUT2D eigenvalue weighted by molar-refractivity contribution is -0.176. The highest BCUT2D eigenvalue weighted by Crippen LogP contribution is 2.54. The summed E-state index contributed by atoms with van der Waals surface area (Å²) in [7, 11) is 2.91. The number of anilines is 1. The number of nitrogens with one attached hydrogen (secondary N) is 1. The average molecular weight is 618 g/mol. The van der Waals surface area contributed by atoms with Crippen LogP contribution in [0.25, 0.3) is 0 Å². The number of amides is 1. The molecule has 3 aliphatic rings. The first-order valence-electron chi connectivity index (χ1n) is 13.8. The van der Waals surface area contributed by atoms with Crippen molar-refractivity contribution in [1.82, 2.24) is 4.90 Å². The molecule has 3 aliphatic carbocycles. The number of hydrogen-bond acceptors (Lipinski definition) is 14. The Morgan fingerprint density at radius 3 is 2.43 bits per heavy atom. The molecule has 44 heavy (non-hydrogen) atoms. The van der Waals surface area contributed by atoms with Crippen molar-refractivity contribution in [2.24, 2.45) is 17.6 Å². The molecule has 0 spiro atoms. The highest BCUT2D eigenvalue weighted by molar-refractivity contribution is 6.24. The van der Waals surface area contributed by atoms with E-state index in [1.165, 1.54) is 31.1 Å². The monoisotopic (exact) mass is 617 g/mol. The molecule has 15 heteroatoms. The average Bonchev–Trinajstić information content (AvgIpc) is 2.95. The Balaban J connectivity index is 1.70. The molecule has 15 nitrogen and oxygen atoms in total. The van der Waals surface area contributed by atoms with E-state index in [4.69, 9.17) is 15.2 Å². The predicted molar refractivity (Wildman–Crippen MR) is 150 cm³/mol. The molecule has 238 valence electrons. The fraction of sp³-hybridized carbons (Fsp3) is 0.483. The van der Waals surface area contributed by atoms with Gasteiger partial charge in [-0.1, -0.05) is 13.0 Å². The Bertz CT molecular complexity index is 1480. The first-order valence-corrected chi connectivity index (χ1v) is 13.8. The highest BCUT2D eigenvalue weighted by atomic mass is 16.5. The van der Waals surface area contributed by atoms with Crippen LogP contribution in [0.15, 0.2) is 34.6 Å². The summed E-state index contributed by atoms with van der Waals surface area (Å²) in [5, 5.41) is 59.6. The van der Waals surface area contributed by atoms with Crippen molar-refractivity contribution < 1.29 is 59.0 Å². The number of aliphatic hydroxyl groups is 4. The number of nitrogens with two attached hydrogens (primary N) is 1. The van der Waals surface area contributed by atoms with Gasteiger partial charge in [-0.15, -0.1) is 0 Å². The van der Waals surface area contributed by atoms with Crippen molar-refractivity contribution in [1.29, 1.82) is 0 Å². The summed E-state index contributed by atoms with van der Waals surface area (Å²) in [6.07, 6.45) is -3.67. The summed E-state index contributed by atoms with van der Waals surface area (Å²) in [6, 6.07) is 1.57. The third-order valence-electron chi connectivity index (χ3n) is 8.47. The number of benzene rings is 1. The Kier molecular flexibility index (Phi) is 9.00. The maximum absolute atomic E-state index is 13.9. The second-order valence-corrected chi connectivity index (χ2v) is 11.1. The lowest BCUT2D eigenvalue weighted by Gasteiger charge is -2.54. The van der Waals surface area contributed by atoms with Gasteiger partial charge in [0.1, 0.15) is 42.1 Å². The minimum Gasteiger partial charge on any atom is -0.510 e. The van der Waals surface area contributed by atoms with E-state index < -0.39 is 87.7 Å². The molecule has 0 saturated carbocycles. The summed E-state index contributed by atoms with van der Waals surface area (Å²) in [5.41, 5.74) is 0.821. The minimum atomic E-state index is -2.95. The number of phenols is 1. The smallest absolute Gasteiger partial charge is 0.318 e. The van der Waals surface area contributed by atoms with Gasteiger partial charge in [-0.2, -0.15) is 0 Å². The fourth-order valence-corrected chi connectivity index (χ4v) is 6.40. The zero-order valence-corrected chi connectivity index (χ0v) is 24.4. The molecular weight excluding hydrogens is 582 g/mol. The number of nitrogens with zero attached hydrogens (tertiary/aromatic N) is 1. The highest BCUT2D eigenvalue weighted by Gasteiger charge is 2.67. The van der Waals surface area contributed by atoms with Crippen LogP contribution in [0.2, 0.25) is 0 Å². The molecule has 4 rings (SSSR count). The van der Waals surface area contributed by atoms with Gasteiger partial charge in [-0.25, -0.2) is 0 Å². The molecule has 0 radical (unpaired) electrons. The van der Waals surface area contributed by atoms with E-state index in [2.05, 4.69) is 5.32 Å². The number of hydrogen-bond donors (Lipinski definition) is 7. The van der Waals surface area contributed by atoms with Gasteiger partial charge < -0.3 is 50.9 Å². The Morgan fingerprint density at radius 2 is 1.86 bits per heavy atom. The van der Waals surface area contributed by atoms with Crippen LogP contribution in [0, 0.1) is 11.8 Å². The molecule has 0 bridgehead atoms. The van der Waals surface area contributed by atoms with Crippen molar-refractivity contribution in [2.75, 3.05) is 39.4 Å². The number of likely N-dealkylation sites (N-methyl/N-ethyl adjacent to an activating group) is 1. The second-order valence-electron chi connectivity index (χ2n) is 11.1. The number of carbonyl (C=O) groups is 5. The molecule has 0 saturated heterocycles. The second kappa shape index (κ2) is 12.1. The van der Waals surface area contributed by atoms with Crippen LogP contribution in [0.4, 0.5) is 5.69 Å². The maximum Gasteiger partial charge on any atom is 0.318 e. The van der Waals surface area contributed by atoms with Gasteiger partial charge in [0.05, 0.1) is 42.5 Å². The van der Waals surface area contributed by atoms with Crippen molar-refractivity contribution in [3.63, 3.8) is 0 Å². The van der Waals surface area contributed by atoms with Gasteiger partial charge in [0.15, 0.2) is 11.4 Å². The van der Waals surface area contributed by atoms with E-state index >= 15 is 0 Å². The van der Waals surface area contributed by atoms with Crippen LogP contribution in [-0.4, -0.2) is 118 Å². The summed E-state index contributed by atoms with van der Waals surface area (Å²) in [5.74, 6) is -9.56. The lowest BCUT2D eigenvalue weighted by Crippen LogP contribution is -2.71. The van der Waals surface area contributed by atoms with E-state index in [-0.39, 0.29) is 42.3 Å². The predicted octanol–water partition coefficient (Wildman–Crippen LogP) is -1.35. The largest absolute Gasteiger partial charge is 0.510 e. The number of esters is 1. The number of ether oxygens (including phenoxy) is 2. The van der Waals surface area contributed by atoms with E-state index in [1.54, 1.807) is 13.8 Å². The number of rotatable bonds is 10. The van der Waals surface area contributed by atoms with Crippen LogP contribution in [0.1, 0.15) is 35.7 Å². The van der Waals surface area contributed by atoms with Crippen LogP contribution in [0.3, 0.4) is 0 Å². The van der Waals surface area contributed by atoms with Crippen LogP contribution in [-0.2, 0) is 28.7 Å². The number of aliphatic hydroxyl groups excluding tert-OH is 3. The third kappa shape index (κ3) is 4.86. The van der Waals surface area contributed by atoms with E-state index in [0.717, 1.165) is 0 Å². The van der Waals surface area contributed by atoms with Gasteiger partial charge in [-0.3, -0.25) is 24.1 Å². The maximum atomic E-state index is 13.9. The number of aromatic hydroxyl groups is 1. The van der Waals surface area contributed by atoms with Crippen LogP contribution in [0.5, 0.6) is 5.75 Å². The third-order valence-corrected chi connectivity index (χ3v) is 8.47. The first kappa shape index (κ1) is 32.8. The fourth-order valence-electron chi connectivity index (χ4n) is 6.40. The van der Waals surface area contributed by atoms with Gasteiger partial charge in [-0.05, 0) is 38.2 Å². The molecule has 1 amide bonds. The SMILES string of the molecule is CCOC(=O)C(C=O)COCNc1ccc2c(c1O)C(=O)C1=C(C2C)C(O)C2[C@H](N(C)C)C(O)=C(C(N)=O)C(=O)C2(O)C1O. The topological polar surface area (TPSA) is 246 Å². The van der Waals surface area contributed by atoms with Gasteiger partial charge in [0.2, 0.25) is 5.78 Å². The van der Waals surface area contributed by atoms with Crippen molar-refractivity contribution in [3.8, 4) is 5.75 Å². The van der Waals surface area contributed by atoms with Crippen molar-refractivity contribution >= 4 is 35.4 Å². The molecule has 7 atom stereocenters. The summed E-state index contributed by atoms with van der Waals surface area (Å²) >= 11 is 0. The summed E-state index contributed by atoms with van der Waals surface area (Å²) in [4.78, 5) is 63.8. The van der Waals surface area contributed by atoms with Crippen molar-refractivity contribution in [3.05, 3.63) is 45.7 Å². The zero-order valence-electron chi connectivity index (χ0n) is 24.4. The normalized spacial score (nSPS) is 28.7. The molecule has 0 aromatic heterocycles. The molecule has 6 unspecified atom stereocenters. The van der Waals surface area contributed by atoms with E-state index in [9.17, 15) is 49.5 Å². The summed E-state index contributed by atoms with van der Waals surface area (Å²) < 4.78 is 10.1. The van der Waals surface area contributed by atoms with E-state index in [1.807, 2.05) is 0 Å². The number of fused-ring (bicyclic) bond motifs is 2. The van der Waals surface area contributed by atoms with Crippen LogP contribution >= 0.6 is 0 Å².